The second-order valence-electron chi connectivity index (χ2n) is 4.20. The molecule has 1 aliphatic rings. The third-order valence-corrected chi connectivity index (χ3v) is 3.23. The van der Waals surface area contributed by atoms with Gasteiger partial charge in [0.25, 0.3) is 0 Å². The Morgan fingerprint density at radius 1 is 1.38 bits per heavy atom. The highest BCUT2D eigenvalue weighted by molar-refractivity contribution is 5.35. The average molecular weight is 174 g/mol. The van der Waals surface area contributed by atoms with Crippen molar-refractivity contribution < 1.29 is 0 Å². The molecule has 0 aromatic heterocycles. The summed E-state index contributed by atoms with van der Waals surface area (Å²) in [5.41, 5.74) is 4.65. The molecule has 0 heterocycles. The molecule has 0 fully saturated rings. The van der Waals surface area contributed by atoms with Crippen LogP contribution in [0.3, 0.4) is 0 Å². The van der Waals surface area contributed by atoms with Crippen molar-refractivity contribution in [2.75, 3.05) is 0 Å². The van der Waals surface area contributed by atoms with Crippen molar-refractivity contribution in [2.45, 2.75) is 45.4 Å². The third kappa shape index (κ3) is 1.63. The molecule has 1 aromatic carbocycles. The van der Waals surface area contributed by atoms with Crippen LogP contribution in [0.4, 0.5) is 0 Å². The van der Waals surface area contributed by atoms with Gasteiger partial charge < -0.3 is 0 Å². The Labute approximate surface area is 81.0 Å². The van der Waals surface area contributed by atoms with Crippen LogP contribution in [0.15, 0.2) is 18.2 Å². The van der Waals surface area contributed by atoms with Gasteiger partial charge in [-0.25, -0.2) is 0 Å². The van der Waals surface area contributed by atoms with E-state index in [1.165, 1.54) is 31.2 Å². The second kappa shape index (κ2) is 3.53. The first-order chi connectivity index (χ1) is 6.31. The number of hydrogen-bond acceptors (Lipinski definition) is 0. The van der Waals surface area contributed by atoms with Gasteiger partial charge in [-0.3, -0.25) is 0 Å². The molecule has 0 saturated heterocycles. The third-order valence-electron chi connectivity index (χ3n) is 3.23. The number of aryl methyl sites for hydroxylation is 2. The highest BCUT2D eigenvalue weighted by Gasteiger charge is 2.17. The Hall–Kier alpha value is -0.780. The number of hydrogen-bond donors (Lipinski definition) is 0. The molecule has 2 rings (SSSR count). The summed E-state index contributed by atoms with van der Waals surface area (Å²) >= 11 is 0. The zero-order chi connectivity index (χ0) is 9.26. The molecule has 70 valence electrons. The maximum absolute atomic E-state index is 2.39. The molecular formula is C13H18. The maximum atomic E-state index is 2.39. The van der Waals surface area contributed by atoms with E-state index in [1.54, 1.807) is 11.1 Å². The normalized spacial score (nSPS) is 21.2. The van der Waals surface area contributed by atoms with Crippen LogP contribution in [0.25, 0.3) is 0 Å². The van der Waals surface area contributed by atoms with Crippen LogP contribution in [-0.2, 0) is 6.42 Å². The van der Waals surface area contributed by atoms with Gasteiger partial charge in [-0.2, -0.15) is 0 Å². The van der Waals surface area contributed by atoms with E-state index in [0.29, 0.717) is 0 Å². The Morgan fingerprint density at radius 2 is 2.23 bits per heavy atom. The van der Waals surface area contributed by atoms with Gasteiger partial charge in [0.15, 0.2) is 0 Å². The summed E-state index contributed by atoms with van der Waals surface area (Å²) in [6, 6.07) is 6.96. The lowest BCUT2D eigenvalue weighted by molar-refractivity contribution is 0.539. The monoisotopic (exact) mass is 174 g/mol. The molecular weight excluding hydrogens is 156 g/mol. The lowest BCUT2D eigenvalue weighted by Gasteiger charge is -2.24. The van der Waals surface area contributed by atoms with Crippen LogP contribution in [-0.4, -0.2) is 0 Å². The molecule has 0 bridgehead atoms. The minimum absolute atomic E-state index is 0.837. The van der Waals surface area contributed by atoms with Crippen LogP contribution in [0.1, 0.15) is 48.8 Å². The minimum atomic E-state index is 0.837. The maximum Gasteiger partial charge on any atom is -0.0162 e. The van der Waals surface area contributed by atoms with Crippen LogP contribution in [0.5, 0.6) is 0 Å². The highest BCUT2D eigenvalue weighted by Crippen LogP contribution is 2.34. The largest absolute Gasteiger partial charge is 0.0648 e. The van der Waals surface area contributed by atoms with Gasteiger partial charge in [0.1, 0.15) is 0 Å². The molecule has 0 N–H and O–H groups in total. The van der Waals surface area contributed by atoms with Crippen molar-refractivity contribution in [1.29, 1.82) is 0 Å². The molecule has 13 heavy (non-hydrogen) atoms. The van der Waals surface area contributed by atoms with E-state index in [2.05, 4.69) is 32.0 Å². The zero-order valence-corrected chi connectivity index (χ0v) is 8.64. The van der Waals surface area contributed by atoms with Crippen molar-refractivity contribution in [1.82, 2.24) is 0 Å². The van der Waals surface area contributed by atoms with E-state index in [9.17, 15) is 0 Å². The SMILES string of the molecule is CC[C@H]1CCCc2ccc(C)cc21. The first-order valence-electron chi connectivity index (χ1n) is 5.40. The Bertz CT molecular complexity index is 299. The van der Waals surface area contributed by atoms with Gasteiger partial charge in [-0.05, 0) is 49.7 Å². The van der Waals surface area contributed by atoms with E-state index < -0.39 is 0 Å². The Morgan fingerprint density at radius 3 is 3.00 bits per heavy atom. The van der Waals surface area contributed by atoms with Crippen LogP contribution >= 0.6 is 0 Å². The molecule has 0 saturated carbocycles. The topological polar surface area (TPSA) is 0 Å². The molecule has 0 aliphatic heterocycles. The number of fused-ring (bicyclic) bond motifs is 1. The van der Waals surface area contributed by atoms with Gasteiger partial charge in [-0.15, -0.1) is 0 Å². The van der Waals surface area contributed by atoms with Crippen molar-refractivity contribution in [2.24, 2.45) is 0 Å². The van der Waals surface area contributed by atoms with E-state index in [-0.39, 0.29) is 0 Å². The molecule has 0 unspecified atom stereocenters. The fourth-order valence-corrected chi connectivity index (χ4v) is 2.44. The zero-order valence-electron chi connectivity index (χ0n) is 8.64. The van der Waals surface area contributed by atoms with Crippen molar-refractivity contribution >= 4 is 0 Å². The van der Waals surface area contributed by atoms with Gasteiger partial charge in [0.05, 0.1) is 0 Å². The standard InChI is InChI=1S/C13H18/c1-3-11-5-4-6-12-8-7-10(2)9-13(11)12/h7-9,11H,3-6H2,1-2H3/t11-/m0/s1. The van der Waals surface area contributed by atoms with E-state index in [4.69, 9.17) is 0 Å². The van der Waals surface area contributed by atoms with Gasteiger partial charge >= 0.3 is 0 Å². The summed E-state index contributed by atoms with van der Waals surface area (Å²) in [6.45, 7) is 4.50. The molecule has 0 heteroatoms. The van der Waals surface area contributed by atoms with Gasteiger partial charge in [0.2, 0.25) is 0 Å². The Kier molecular flexibility index (Phi) is 2.39. The first kappa shape index (κ1) is 8.80. The van der Waals surface area contributed by atoms with Crippen LogP contribution in [0, 0.1) is 6.92 Å². The summed E-state index contributed by atoms with van der Waals surface area (Å²) in [5.74, 6) is 0.837. The van der Waals surface area contributed by atoms with Crippen LogP contribution < -0.4 is 0 Å². The van der Waals surface area contributed by atoms with Crippen LogP contribution in [0.2, 0.25) is 0 Å². The Balaban J connectivity index is 2.41. The molecule has 0 spiro atoms. The fraction of sp³-hybridized carbons (Fsp3) is 0.538. The molecule has 1 aromatic rings. The predicted octanol–water partition coefficient (Wildman–Crippen LogP) is 3.82. The van der Waals surface area contributed by atoms with E-state index in [0.717, 1.165) is 5.92 Å². The van der Waals surface area contributed by atoms with E-state index >= 15 is 0 Å². The van der Waals surface area contributed by atoms with Crippen molar-refractivity contribution in [3.8, 4) is 0 Å². The molecule has 0 amide bonds. The lowest BCUT2D eigenvalue weighted by Crippen LogP contribution is -2.09. The molecule has 1 aliphatic carbocycles. The van der Waals surface area contributed by atoms with E-state index in [1.807, 2.05) is 0 Å². The predicted molar refractivity (Wildman–Crippen MR) is 57.1 cm³/mol. The molecule has 1 atom stereocenters. The van der Waals surface area contributed by atoms with Crippen molar-refractivity contribution in [3.63, 3.8) is 0 Å². The summed E-state index contributed by atoms with van der Waals surface area (Å²) in [4.78, 5) is 0. The van der Waals surface area contributed by atoms with Gasteiger partial charge in [-0.1, -0.05) is 30.7 Å². The second-order valence-corrected chi connectivity index (χ2v) is 4.20. The summed E-state index contributed by atoms with van der Waals surface area (Å²) in [5, 5.41) is 0. The summed E-state index contributed by atoms with van der Waals surface area (Å²) in [7, 11) is 0. The minimum Gasteiger partial charge on any atom is -0.0648 e. The number of rotatable bonds is 1. The smallest absolute Gasteiger partial charge is 0.0162 e. The average Bonchev–Trinajstić information content (AvgIpc) is 2.17. The lowest BCUT2D eigenvalue weighted by atomic mass is 9.81. The summed E-state index contributed by atoms with van der Waals surface area (Å²) < 4.78 is 0. The summed E-state index contributed by atoms with van der Waals surface area (Å²) in [6.07, 6.45) is 5.38. The molecule has 0 nitrogen and oxygen atoms in total. The van der Waals surface area contributed by atoms with Gasteiger partial charge in [0, 0.05) is 0 Å². The highest BCUT2D eigenvalue weighted by atomic mass is 14.2. The number of benzene rings is 1. The van der Waals surface area contributed by atoms with Crippen molar-refractivity contribution in [3.05, 3.63) is 34.9 Å². The fourth-order valence-electron chi connectivity index (χ4n) is 2.44. The first-order valence-corrected chi connectivity index (χ1v) is 5.40. The molecule has 0 radical (unpaired) electrons. The quantitative estimate of drug-likeness (QED) is 0.607.